The van der Waals surface area contributed by atoms with Crippen LogP contribution in [0.1, 0.15) is 65.7 Å². The van der Waals surface area contributed by atoms with Crippen molar-refractivity contribution in [3.63, 3.8) is 0 Å². The SMILES string of the molecule is O=C(O)CCCCCCNC(=O)c1ccc(Nc2nc(NCCOCCOCCCC(=O)c3ccccc3)nc(Nc3ccc(O)cc3)n2)cc1. The van der Waals surface area contributed by atoms with Crippen molar-refractivity contribution in [2.24, 2.45) is 0 Å². The molecule has 0 saturated heterocycles. The van der Waals surface area contributed by atoms with Gasteiger partial charge in [-0.25, -0.2) is 0 Å². The number of ether oxygens (including phenoxy) is 2. The molecule has 51 heavy (non-hydrogen) atoms. The maximum absolute atomic E-state index is 12.6. The molecule has 1 aromatic heterocycles. The third kappa shape index (κ3) is 14.8. The minimum absolute atomic E-state index is 0.105. The van der Waals surface area contributed by atoms with Crippen LogP contribution in [0.15, 0.2) is 78.9 Å². The molecule has 270 valence electrons. The van der Waals surface area contributed by atoms with Gasteiger partial charge in [0.15, 0.2) is 5.78 Å². The summed E-state index contributed by atoms with van der Waals surface area (Å²) >= 11 is 0. The number of carbonyl (C=O) groups excluding carboxylic acids is 2. The van der Waals surface area contributed by atoms with E-state index < -0.39 is 5.97 Å². The van der Waals surface area contributed by atoms with Gasteiger partial charge in [0.05, 0.1) is 19.8 Å². The summed E-state index contributed by atoms with van der Waals surface area (Å²) < 4.78 is 11.3. The Morgan fingerprint density at radius 3 is 1.86 bits per heavy atom. The molecule has 0 radical (unpaired) electrons. The molecule has 0 fully saturated rings. The summed E-state index contributed by atoms with van der Waals surface area (Å²) in [6.45, 7) is 2.59. The Kier molecular flexibility index (Phi) is 16.1. The number of phenols is 1. The van der Waals surface area contributed by atoms with Crippen molar-refractivity contribution >= 4 is 46.9 Å². The number of carboxylic acids is 1. The lowest BCUT2D eigenvalue weighted by Gasteiger charge is -2.12. The number of rotatable bonds is 24. The Morgan fingerprint density at radius 2 is 1.20 bits per heavy atom. The predicted molar refractivity (Wildman–Crippen MR) is 194 cm³/mol. The Hall–Kier alpha value is -5.60. The zero-order valence-corrected chi connectivity index (χ0v) is 28.5. The lowest BCUT2D eigenvalue weighted by atomic mass is 10.1. The molecule has 1 heterocycles. The molecule has 0 unspecified atom stereocenters. The number of carbonyl (C=O) groups is 3. The second kappa shape index (κ2) is 21.5. The third-order valence-corrected chi connectivity index (χ3v) is 7.45. The summed E-state index contributed by atoms with van der Waals surface area (Å²) in [6, 6.07) is 22.6. The molecule has 0 aliphatic carbocycles. The molecular formula is C37H45N7O7. The number of hydrogen-bond donors (Lipinski definition) is 6. The molecule has 0 aliphatic rings. The van der Waals surface area contributed by atoms with Gasteiger partial charge in [0.25, 0.3) is 5.91 Å². The van der Waals surface area contributed by atoms with Crippen molar-refractivity contribution in [2.45, 2.75) is 44.9 Å². The highest BCUT2D eigenvalue weighted by atomic mass is 16.5. The Balaban J connectivity index is 1.22. The average Bonchev–Trinajstić information content (AvgIpc) is 3.13. The van der Waals surface area contributed by atoms with E-state index in [1.807, 2.05) is 30.3 Å². The van der Waals surface area contributed by atoms with Gasteiger partial charge in [0.2, 0.25) is 17.8 Å². The molecule has 6 N–H and O–H groups in total. The van der Waals surface area contributed by atoms with E-state index in [9.17, 15) is 19.5 Å². The fourth-order valence-electron chi connectivity index (χ4n) is 4.79. The number of unbranched alkanes of at least 4 members (excludes halogenated alkanes) is 3. The molecule has 3 aromatic carbocycles. The van der Waals surface area contributed by atoms with E-state index in [0.29, 0.717) is 87.2 Å². The van der Waals surface area contributed by atoms with Crippen molar-refractivity contribution in [1.29, 1.82) is 0 Å². The van der Waals surface area contributed by atoms with Crippen LogP contribution in [0.5, 0.6) is 5.75 Å². The highest BCUT2D eigenvalue weighted by molar-refractivity contribution is 5.96. The van der Waals surface area contributed by atoms with Crippen LogP contribution in [0.25, 0.3) is 0 Å². The van der Waals surface area contributed by atoms with Gasteiger partial charge in [-0.2, -0.15) is 15.0 Å². The summed E-state index contributed by atoms with van der Waals surface area (Å²) in [4.78, 5) is 48.8. The van der Waals surface area contributed by atoms with Crippen LogP contribution >= 0.6 is 0 Å². The molecule has 0 aliphatic heterocycles. The fraction of sp³-hybridized carbons (Fsp3) is 0.351. The highest BCUT2D eigenvalue weighted by Crippen LogP contribution is 2.21. The molecule has 0 saturated carbocycles. The lowest BCUT2D eigenvalue weighted by Crippen LogP contribution is -2.24. The van der Waals surface area contributed by atoms with Crippen LogP contribution in [0, 0.1) is 0 Å². The molecule has 4 aromatic rings. The van der Waals surface area contributed by atoms with Gasteiger partial charge < -0.3 is 41.0 Å². The maximum Gasteiger partial charge on any atom is 0.303 e. The number of aromatic nitrogens is 3. The Labute approximate surface area is 297 Å². The van der Waals surface area contributed by atoms with Crippen molar-refractivity contribution in [3.05, 3.63) is 90.0 Å². The normalized spacial score (nSPS) is 10.7. The van der Waals surface area contributed by atoms with Crippen LogP contribution in [0.2, 0.25) is 0 Å². The number of aromatic hydroxyl groups is 1. The third-order valence-electron chi connectivity index (χ3n) is 7.45. The zero-order valence-electron chi connectivity index (χ0n) is 28.5. The zero-order chi connectivity index (χ0) is 36.1. The minimum atomic E-state index is -0.790. The molecule has 0 spiro atoms. The number of nitrogens with zero attached hydrogens (tertiary/aromatic N) is 3. The van der Waals surface area contributed by atoms with E-state index in [1.165, 1.54) is 0 Å². The van der Waals surface area contributed by atoms with E-state index in [2.05, 4.69) is 36.2 Å². The molecular weight excluding hydrogens is 654 g/mol. The minimum Gasteiger partial charge on any atom is -0.508 e. The van der Waals surface area contributed by atoms with Gasteiger partial charge in [-0.15, -0.1) is 0 Å². The monoisotopic (exact) mass is 699 g/mol. The number of ketones is 1. The molecule has 4 rings (SSSR count). The summed E-state index contributed by atoms with van der Waals surface area (Å²) in [6.07, 6.45) is 4.33. The van der Waals surface area contributed by atoms with E-state index in [0.717, 1.165) is 19.3 Å². The molecule has 1 amide bonds. The van der Waals surface area contributed by atoms with E-state index in [-0.39, 0.29) is 35.8 Å². The van der Waals surface area contributed by atoms with Crippen molar-refractivity contribution in [1.82, 2.24) is 20.3 Å². The number of anilines is 5. The number of Topliss-reactive ketones (excluding diaryl/α,β-unsaturated/α-hetero) is 1. The molecule has 0 bridgehead atoms. The molecule has 0 atom stereocenters. The highest BCUT2D eigenvalue weighted by Gasteiger charge is 2.10. The van der Waals surface area contributed by atoms with E-state index in [4.69, 9.17) is 14.6 Å². The van der Waals surface area contributed by atoms with Crippen LogP contribution < -0.4 is 21.3 Å². The van der Waals surface area contributed by atoms with Crippen LogP contribution in [0.4, 0.5) is 29.2 Å². The van der Waals surface area contributed by atoms with Crippen molar-refractivity contribution in [3.8, 4) is 5.75 Å². The first-order chi connectivity index (χ1) is 24.9. The average molecular weight is 700 g/mol. The largest absolute Gasteiger partial charge is 0.508 e. The number of benzene rings is 3. The number of phenolic OH excluding ortho intramolecular Hbond substituents is 1. The maximum atomic E-state index is 12.6. The second-order valence-corrected chi connectivity index (χ2v) is 11.5. The first-order valence-electron chi connectivity index (χ1n) is 17.0. The quantitative estimate of drug-likeness (QED) is 0.0286. The molecule has 14 heteroatoms. The van der Waals surface area contributed by atoms with E-state index in [1.54, 1.807) is 48.5 Å². The van der Waals surface area contributed by atoms with Crippen LogP contribution in [0.3, 0.4) is 0 Å². The van der Waals surface area contributed by atoms with Gasteiger partial charge >= 0.3 is 5.97 Å². The number of carboxylic acid groups (broad SMARTS) is 1. The summed E-state index contributed by atoms with van der Waals surface area (Å²) in [5, 5.41) is 30.7. The van der Waals surface area contributed by atoms with Gasteiger partial charge in [-0.3, -0.25) is 14.4 Å². The van der Waals surface area contributed by atoms with Gasteiger partial charge in [0, 0.05) is 55.0 Å². The fourth-order valence-corrected chi connectivity index (χ4v) is 4.79. The summed E-state index contributed by atoms with van der Waals surface area (Å²) in [5.41, 5.74) is 2.54. The number of hydrogen-bond acceptors (Lipinski definition) is 12. The number of nitrogens with one attached hydrogen (secondary N) is 4. The van der Waals surface area contributed by atoms with Gasteiger partial charge in [-0.05, 0) is 67.8 Å². The topological polar surface area (TPSA) is 197 Å². The lowest BCUT2D eigenvalue weighted by molar-refractivity contribution is -0.137. The Morgan fingerprint density at radius 1 is 0.588 bits per heavy atom. The number of amides is 1. The first-order valence-corrected chi connectivity index (χ1v) is 17.0. The van der Waals surface area contributed by atoms with E-state index >= 15 is 0 Å². The standard InChI is InChI=1S/C37H45N7O7/c45-31-19-17-30(18-20-31)41-37-43-35(39-22-24-51-26-25-50-23-8-11-32(46)27-9-4-3-5-10-27)42-36(44-37)40-29-15-13-28(14-16-29)34(49)38-21-7-2-1-6-12-33(47)48/h3-5,9-10,13-20,45H,1-2,6-8,11-12,21-26H2,(H,38,49)(H,47,48)(H3,39,40,41,42,43,44). The van der Waals surface area contributed by atoms with Crippen molar-refractivity contribution < 1.29 is 34.1 Å². The smallest absolute Gasteiger partial charge is 0.303 e. The predicted octanol–water partition coefficient (Wildman–Crippen LogP) is 5.94. The first kappa shape index (κ1) is 38.2. The Bertz CT molecular complexity index is 1660. The molecule has 14 nitrogen and oxygen atoms in total. The van der Waals surface area contributed by atoms with Crippen LogP contribution in [-0.4, -0.2) is 82.3 Å². The van der Waals surface area contributed by atoms with Crippen molar-refractivity contribution in [2.75, 3.05) is 55.5 Å². The summed E-state index contributed by atoms with van der Waals surface area (Å²) in [5.74, 6) is 0.0815. The van der Waals surface area contributed by atoms with Gasteiger partial charge in [-0.1, -0.05) is 43.2 Å². The van der Waals surface area contributed by atoms with Gasteiger partial charge in [0.1, 0.15) is 5.75 Å². The summed E-state index contributed by atoms with van der Waals surface area (Å²) in [7, 11) is 0. The number of aliphatic carboxylic acids is 1. The van der Waals surface area contributed by atoms with Crippen LogP contribution in [-0.2, 0) is 14.3 Å². The second-order valence-electron chi connectivity index (χ2n) is 11.5.